The van der Waals surface area contributed by atoms with E-state index in [0.29, 0.717) is 10.7 Å². The Bertz CT molecular complexity index is 976. The summed E-state index contributed by atoms with van der Waals surface area (Å²) in [5, 5.41) is 0.432. The molecule has 2 aromatic rings. The fraction of sp³-hybridized carbons (Fsp3) is 0.375. The number of hydrogen-bond donors (Lipinski definition) is 0. The Morgan fingerprint density at radius 3 is 2.66 bits per heavy atom. The molecule has 0 unspecified atom stereocenters. The number of anilines is 3. The maximum Gasteiger partial charge on any atom is 0.0902 e. The van der Waals surface area contributed by atoms with Crippen LogP contribution in [0.5, 0.6) is 0 Å². The second-order valence-electron chi connectivity index (χ2n) is 8.43. The van der Waals surface area contributed by atoms with Gasteiger partial charge in [0, 0.05) is 48.2 Å². The Kier molecular flexibility index (Phi) is 5.18. The van der Waals surface area contributed by atoms with E-state index in [2.05, 4.69) is 66.9 Å². The van der Waals surface area contributed by atoms with Crippen molar-refractivity contribution in [2.24, 2.45) is 0 Å². The molecular weight excluding hydrogens is 382 g/mol. The SMILES string of the molecule is C=Cc1c(C(=C)Cl)ncc(C)c1N1CC(C)(C)c2ccc(N3CCOCC3)cc21. The number of hydrogen-bond acceptors (Lipinski definition) is 4. The quantitative estimate of drug-likeness (QED) is 0.665. The molecule has 4 rings (SSSR count). The van der Waals surface area contributed by atoms with E-state index in [1.165, 1.54) is 16.9 Å². The third-order valence-electron chi connectivity index (χ3n) is 5.93. The van der Waals surface area contributed by atoms with Crippen LogP contribution < -0.4 is 9.80 Å². The number of ether oxygens (including phenoxy) is 1. The number of halogens is 1. The van der Waals surface area contributed by atoms with Crippen molar-refractivity contribution < 1.29 is 4.74 Å². The van der Waals surface area contributed by atoms with Crippen molar-refractivity contribution in [2.45, 2.75) is 26.2 Å². The molecule has 0 spiro atoms. The molecule has 2 aliphatic heterocycles. The average Bonchev–Trinajstić information content (AvgIpc) is 2.98. The molecule has 1 fully saturated rings. The van der Waals surface area contributed by atoms with E-state index in [1.807, 2.05) is 12.3 Å². The molecule has 0 atom stereocenters. The van der Waals surface area contributed by atoms with Gasteiger partial charge in [0.1, 0.15) is 0 Å². The second kappa shape index (κ2) is 7.51. The van der Waals surface area contributed by atoms with E-state index in [-0.39, 0.29) is 5.41 Å². The van der Waals surface area contributed by atoms with Crippen molar-refractivity contribution in [2.75, 3.05) is 42.6 Å². The summed E-state index contributed by atoms with van der Waals surface area (Å²) >= 11 is 6.26. The maximum absolute atomic E-state index is 6.26. The van der Waals surface area contributed by atoms with Gasteiger partial charge in [0.25, 0.3) is 0 Å². The van der Waals surface area contributed by atoms with E-state index in [9.17, 15) is 0 Å². The molecule has 3 heterocycles. The summed E-state index contributed by atoms with van der Waals surface area (Å²) in [5.41, 5.74) is 7.70. The minimum Gasteiger partial charge on any atom is -0.378 e. The lowest BCUT2D eigenvalue weighted by atomic mass is 9.87. The fourth-order valence-corrected chi connectivity index (χ4v) is 4.63. The fourth-order valence-electron chi connectivity index (χ4n) is 4.48. The van der Waals surface area contributed by atoms with E-state index < -0.39 is 0 Å². The van der Waals surface area contributed by atoms with Crippen LogP contribution in [0.25, 0.3) is 11.1 Å². The van der Waals surface area contributed by atoms with Crippen LogP contribution in [0.2, 0.25) is 0 Å². The van der Waals surface area contributed by atoms with Crippen molar-refractivity contribution in [3.05, 3.63) is 59.9 Å². The molecular formula is C24H28ClN3O. The summed E-state index contributed by atoms with van der Waals surface area (Å²) in [4.78, 5) is 9.31. The van der Waals surface area contributed by atoms with Crippen molar-refractivity contribution >= 4 is 39.8 Å². The van der Waals surface area contributed by atoms with Crippen molar-refractivity contribution in [3.63, 3.8) is 0 Å². The van der Waals surface area contributed by atoms with Crippen LogP contribution in [0.4, 0.5) is 17.1 Å². The summed E-state index contributed by atoms with van der Waals surface area (Å²) in [6, 6.07) is 6.85. The maximum atomic E-state index is 6.26. The van der Waals surface area contributed by atoms with Gasteiger partial charge in [-0.15, -0.1) is 0 Å². The van der Waals surface area contributed by atoms with Crippen LogP contribution in [-0.2, 0) is 10.2 Å². The zero-order chi connectivity index (χ0) is 20.8. The summed E-state index contributed by atoms with van der Waals surface area (Å²) in [6.45, 7) is 18.9. The number of pyridine rings is 1. The van der Waals surface area contributed by atoms with Gasteiger partial charge in [-0.2, -0.15) is 0 Å². The van der Waals surface area contributed by atoms with Gasteiger partial charge < -0.3 is 14.5 Å². The number of benzene rings is 1. The Morgan fingerprint density at radius 1 is 1.28 bits per heavy atom. The van der Waals surface area contributed by atoms with Crippen molar-refractivity contribution in [1.29, 1.82) is 0 Å². The summed E-state index contributed by atoms with van der Waals surface area (Å²) in [6.07, 6.45) is 3.72. The van der Waals surface area contributed by atoms with Crippen LogP contribution in [0, 0.1) is 6.92 Å². The first kappa shape index (κ1) is 20.0. The van der Waals surface area contributed by atoms with Gasteiger partial charge in [-0.1, -0.05) is 50.7 Å². The van der Waals surface area contributed by atoms with E-state index >= 15 is 0 Å². The summed E-state index contributed by atoms with van der Waals surface area (Å²) in [5.74, 6) is 0. The van der Waals surface area contributed by atoms with Gasteiger partial charge in [-0.25, -0.2) is 0 Å². The van der Waals surface area contributed by atoms with Crippen LogP contribution >= 0.6 is 11.6 Å². The molecule has 4 nitrogen and oxygen atoms in total. The largest absolute Gasteiger partial charge is 0.378 e. The Morgan fingerprint density at radius 2 is 2.00 bits per heavy atom. The molecule has 2 aliphatic rings. The van der Waals surface area contributed by atoms with Crippen LogP contribution in [0.1, 0.15) is 36.2 Å². The zero-order valence-corrected chi connectivity index (χ0v) is 18.2. The number of fused-ring (bicyclic) bond motifs is 1. The van der Waals surface area contributed by atoms with Gasteiger partial charge in [0.15, 0.2) is 0 Å². The van der Waals surface area contributed by atoms with Gasteiger partial charge in [0.2, 0.25) is 0 Å². The van der Waals surface area contributed by atoms with Crippen molar-refractivity contribution in [1.82, 2.24) is 4.98 Å². The predicted octanol–water partition coefficient (Wildman–Crippen LogP) is 5.51. The van der Waals surface area contributed by atoms with E-state index in [1.54, 1.807) is 0 Å². The topological polar surface area (TPSA) is 28.6 Å². The van der Waals surface area contributed by atoms with Crippen LogP contribution in [-0.4, -0.2) is 37.8 Å². The molecule has 1 saturated heterocycles. The Balaban J connectivity index is 1.87. The van der Waals surface area contributed by atoms with Gasteiger partial charge in [-0.05, 0) is 30.2 Å². The molecule has 5 heteroatoms. The highest BCUT2D eigenvalue weighted by molar-refractivity contribution is 6.48. The third-order valence-corrected chi connectivity index (χ3v) is 6.11. The highest BCUT2D eigenvalue weighted by Gasteiger charge is 2.37. The molecule has 29 heavy (non-hydrogen) atoms. The normalized spacial score (nSPS) is 17.9. The monoisotopic (exact) mass is 409 g/mol. The third kappa shape index (κ3) is 3.45. The molecule has 0 bridgehead atoms. The lowest BCUT2D eigenvalue weighted by Gasteiger charge is -2.30. The highest BCUT2D eigenvalue weighted by Crippen LogP contribution is 2.48. The molecule has 0 radical (unpaired) electrons. The lowest BCUT2D eigenvalue weighted by Crippen LogP contribution is -2.36. The van der Waals surface area contributed by atoms with Crippen LogP contribution in [0.15, 0.2) is 37.6 Å². The first-order valence-corrected chi connectivity index (χ1v) is 10.4. The summed E-state index contributed by atoms with van der Waals surface area (Å²) in [7, 11) is 0. The van der Waals surface area contributed by atoms with Gasteiger partial charge >= 0.3 is 0 Å². The number of aryl methyl sites for hydroxylation is 1. The standard InChI is InChI=1S/C24H28ClN3O/c1-6-19-22(17(3)25)26-14-16(2)23(19)28-15-24(4,5)20-8-7-18(13-21(20)28)27-9-11-29-12-10-27/h6-8,13-14H,1,3,9-12,15H2,2,4-5H3. The second-order valence-corrected chi connectivity index (χ2v) is 8.89. The van der Waals surface area contributed by atoms with E-state index in [0.717, 1.165) is 49.7 Å². The average molecular weight is 410 g/mol. The van der Waals surface area contributed by atoms with Crippen molar-refractivity contribution in [3.8, 4) is 0 Å². The first-order valence-electron chi connectivity index (χ1n) is 10.0. The molecule has 1 aromatic carbocycles. The minimum atomic E-state index is 0.0329. The zero-order valence-electron chi connectivity index (χ0n) is 17.5. The highest BCUT2D eigenvalue weighted by atomic mass is 35.5. The molecule has 0 N–H and O–H groups in total. The minimum absolute atomic E-state index is 0.0329. The molecule has 152 valence electrons. The molecule has 0 saturated carbocycles. The number of aromatic nitrogens is 1. The lowest BCUT2D eigenvalue weighted by molar-refractivity contribution is 0.122. The summed E-state index contributed by atoms with van der Waals surface area (Å²) < 4.78 is 5.53. The number of nitrogens with zero attached hydrogens (tertiary/aromatic N) is 3. The smallest absolute Gasteiger partial charge is 0.0902 e. The Labute approximate surface area is 178 Å². The molecule has 0 aliphatic carbocycles. The molecule has 0 amide bonds. The number of morpholine rings is 1. The predicted molar refractivity (Wildman–Crippen MR) is 123 cm³/mol. The van der Waals surface area contributed by atoms with E-state index in [4.69, 9.17) is 16.3 Å². The van der Waals surface area contributed by atoms with Crippen LogP contribution in [0.3, 0.4) is 0 Å². The first-order chi connectivity index (χ1) is 13.8. The molecule has 1 aromatic heterocycles. The number of rotatable bonds is 4. The van der Waals surface area contributed by atoms with Gasteiger partial charge in [-0.3, -0.25) is 4.98 Å². The van der Waals surface area contributed by atoms with Gasteiger partial charge in [0.05, 0.1) is 29.6 Å². The Hall–Kier alpha value is -2.30.